The van der Waals surface area contributed by atoms with Gasteiger partial charge in [0, 0.05) is 15.7 Å². The Balaban J connectivity index is 1.99. The molecule has 0 saturated carbocycles. The Morgan fingerprint density at radius 2 is 1.95 bits per heavy atom. The van der Waals surface area contributed by atoms with Crippen LogP contribution in [0.3, 0.4) is 0 Å². The highest BCUT2D eigenvalue weighted by Crippen LogP contribution is 2.38. The van der Waals surface area contributed by atoms with Crippen LogP contribution < -0.4 is 10.6 Å². The molecule has 19 heavy (non-hydrogen) atoms. The summed E-state index contributed by atoms with van der Waals surface area (Å²) >= 11 is 3.42. The van der Waals surface area contributed by atoms with Gasteiger partial charge in [0.2, 0.25) is 0 Å². The molecule has 1 amide bonds. The van der Waals surface area contributed by atoms with E-state index in [1.807, 2.05) is 18.2 Å². The van der Waals surface area contributed by atoms with Gasteiger partial charge in [-0.25, -0.2) is 4.39 Å². The first-order chi connectivity index (χ1) is 9.16. The lowest BCUT2D eigenvalue weighted by Crippen LogP contribution is -2.20. The van der Waals surface area contributed by atoms with Crippen molar-refractivity contribution in [3.8, 4) is 0 Å². The molecule has 3 rings (SSSR count). The molecule has 0 saturated heterocycles. The van der Waals surface area contributed by atoms with E-state index in [-0.39, 0.29) is 11.7 Å². The van der Waals surface area contributed by atoms with Crippen molar-refractivity contribution in [3.63, 3.8) is 0 Å². The van der Waals surface area contributed by atoms with E-state index < -0.39 is 6.04 Å². The van der Waals surface area contributed by atoms with Crippen molar-refractivity contribution in [3.05, 3.63) is 58.3 Å². The molecule has 1 heterocycles. The molecular weight excluding hydrogens is 311 g/mol. The summed E-state index contributed by atoms with van der Waals surface area (Å²) in [5.41, 5.74) is 1.86. The number of rotatable bonds is 2. The van der Waals surface area contributed by atoms with Gasteiger partial charge in [-0.2, -0.15) is 0 Å². The summed E-state index contributed by atoms with van der Waals surface area (Å²) in [5.74, 6) is -0.569. The molecule has 0 fully saturated rings. The number of fused-ring (bicyclic) bond motifs is 1. The van der Waals surface area contributed by atoms with E-state index in [1.54, 1.807) is 18.2 Å². The normalized spacial score (nSPS) is 16.9. The fraction of sp³-hybridized carbons (Fsp3) is 0.0714. The number of anilines is 2. The van der Waals surface area contributed by atoms with Gasteiger partial charge >= 0.3 is 0 Å². The first kappa shape index (κ1) is 12.2. The van der Waals surface area contributed by atoms with Gasteiger partial charge in [0.25, 0.3) is 5.91 Å². The van der Waals surface area contributed by atoms with Crippen LogP contribution >= 0.6 is 15.9 Å². The molecule has 96 valence electrons. The smallest absolute Gasteiger partial charge is 0.251 e. The molecule has 0 radical (unpaired) electrons. The molecular formula is C14H10BrFN2O. The number of benzene rings is 2. The molecule has 1 aliphatic rings. The lowest BCUT2D eigenvalue weighted by molar-refractivity contribution is -0.116. The second kappa shape index (κ2) is 4.66. The minimum absolute atomic E-state index is 0.190. The van der Waals surface area contributed by atoms with Gasteiger partial charge in [0.15, 0.2) is 0 Å². The molecule has 0 aromatic heterocycles. The lowest BCUT2D eigenvalue weighted by Gasteiger charge is -2.14. The van der Waals surface area contributed by atoms with Crippen LogP contribution in [0.25, 0.3) is 0 Å². The highest BCUT2D eigenvalue weighted by atomic mass is 79.9. The minimum Gasteiger partial charge on any atom is -0.368 e. The van der Waals surface area contributed by atoms with Crippen molar-refractivity contribution in [2.24, 2.45) is 0 Å². The van der Waals surface area contributed by atoms with Crippen molar-refractivity contribution in [1.82, 2.24) is 0 Å². The first-order valence-corrected chi connectivity index (χ1v) is 6.56. The third-order valence-electron chi connectivity index (χ3n) is 3.04. The van der Waals surface area contributed by atoms with Crippen LogP contribution in [0.2, 0.25) is 0 Å². The maximum atomic E-state index is 13.6. The molecule has 0 spiro atoms. The van der Waals surface area contributed by atoms with Gasteiger partial charge in [0.05, 0.1) is 5.69 Å². The summed E-state index contributed by atoms with van der Waals surface area (Å²) in [5, 5.41) is 5.71. The van der Waals surface area contributed by atoms with Crippen LogP contribution in [-0.2, 0) is 4.79 Å². The topological polar surface area (TPSA) is 41.1 Å². The Bertz CT molecular complexity index is 660. The summed E-state index contributed by atoms with van der Waals surface area (Å²) in [6.45, 7) is 0. The second-order valence-corrected chi connectivity index (χ2v) is 5.10. The summed E-state index contributed by atoms with van der Waals surface area (Å²) < 4.78 is 14.5. The highest BCUT2D eigenvalue weighted by molar-refractivity contribution is 9.10. The monoisotopic (exact) mass is 320 g/mol. The third kappa shape index (κ3) is 2.10. The fourth-order valence-electron chi connectivity index (χ4n) is 2.15. The predicted molar refractivity (Wildman–Crippen MR) is 75.5 cm³/mol. The molecule has 0 bridgehead atoms. The largest absolute Gasteiger partial charge is 0.368 e. The molecule has 1 atom stereocenters. The summed E-state index contributed by atoms with van der Waals surface area (Å²) in [7, 11) is 0. The van der Waals surface area contributed by atoms with E-state index in [9.17, 15) is 9.18 Å². The van der Waals surface area contributed by atoms with Crippen LogP contribution in [0.5, 0.6) is 0 Å². The standard InChI is InChI=1S/C14H10BrFN2O/c15-8-4-3-7-11-12(8)13(14(19)18-11)17-10-6-2-1-5-9(10)16/h1-7,13,17H,(H,18,19). The molecule has 2 aromatic rings. The average Bonchev–Trinajstić information content (AvgIpc) is 2.70. The van der Waals surface area contributed by atoms with E-state index in [4.69, 9.17) is 0 Å². The van der Waals surface area contributed by atoms with Crippen LogP contribution in [0.15, 0.2) is 46.9 Å². The number of nitrogens with one attached hydrogen (secondary N) is 2. The maximum Gasteiger partial charge on any atom is 0.251 e. The number of halogens is 2. The van der Waals surface area contributed by atoms with Crippen molar-refractivity contribution < 1.29 is 9.18 Å². The summed E-state index contributed by atoms with van der Waals surface area (Å²) in [4.78, 5) is 12.0. The Morgan fingerprint density at radius 1 is 1.16 bits per heavy atom. The van der Waals surface area contributed by atoms with E-state index in [0.29, 0.717) is 5.69 Å². The molecule has 2 N–H and O–H groups in total. The summed E-state index contributed by atoms with van der Waals surface area (Å²) in [6, 6.07) is 11.2. The van der Waals surface area contributed by atoms with Gasteiger partial charge in [-0.1, -0.05) is 34.1 Å². The van der Waals surface area contributed by atoms with E-state index >= 15 is 0 Å². The van der Waals surface area contributed by atoms with Crippen molar-refractivity contribution >= 4 is 33.2 Å². The number of hydrogen-bond donors (Lipinski definition) is 2. The number of amides is 1. The highest BCUT2D eigenvalue weighted by Gasteiger charge is 2.32. The van der Waals surface area contributed by atoms with Crippen molar-refractivity contribution in [1.29, 1.82) is 0 Å². The molecule has 5 heteroatoms. The molecule has 0 aliphatic carbocycles. The van der Waals surface area contributed by atoms with Gasteiger partial charge in [-0.15, -0.1) is 0 Å². The molecule has 2 aromatic carbocycles. The molecule has 1 aliphatic heterocycles. The second-order valence-electron chi connectivity index (χ2n) is 4.25. The van der Waals surface area contributed by atoms with Gasteiger partial charge in [-0.05, 0) is 24.3 Å². The number of para-hydroxylation sites is 1. The van der Waals surface area contributed by atoms with E-state index in [0.717, 1.165) is 15.7 Å². The maximum absolute atomic E-state index is 13.6. The Kier molecular flexibility index (Phi) is 2.98. The van der Waals surface area contributed by atoms with E-state index in [1.165, 1.54) is 6.07 Å². The third-order valence-corrected chi connectivity index (χ3v) is 3.73. The first-order valence-electron chi connectivity index (χ1n) is 5.77. The predicted octanol–water partition coefficient (Wildman–Crippen LogP) is 3.69. The Hall–Kier alpha value is -1.88. The number of hydrogen-bond acceptors (Lipinski definition) is 2. The number of carbonyl (C=O) groups excluding carboxylic acids is 1. The Labute approximate surface area is 118 Å². The van der Waals surface area contributed by atoms with Crippen LogP contribution in [0.4, 0.5) is 15.8 Å². The zero-order chi connectivity index (χ0) is 13.4. The lowest BCUT2D eigenvalue weighted by atomic mass is 10.1. The summed E-state index contributed by atoms with van der Waals surface area (Å²) in [6.07, 6.45) is 0. The van der Waals surface area contributed by atoms with E-state index in [2.05, 4.69) is 26.6 Å². The average molecular weight is 321 g/mol. The zero-order valence-electron chi connectivity index (χ0n) is 9.78. The van der Waals surface area contributed by atoms with Gasteiger partial charge in [0.1, 0.15) is 11.9 Å². The van der Waals surface area contributed by atoms with Crippen molar-refractivity contribution in [2.45, 2.75) is 6.04 Å². The zero-order valence-corrected chi connectivity index (χ0v) is 11.4. The van der Waals surface area contributed by atoms with Crippen molar-refractivity contribution in [2.75, 3.05) is 10.6 Å². The number of carbonyl (C=O) groups is 1. The molecule has 3 nitrogen and oxygen atoms in total. The Morgan fingerprint density at radius 3 is 2.74 bits per heavy atom. The van der Waals surface area contributed by atoms with Crippen LogP contribution in [0, 0.1) is 5.82 Å². The molecule has 1 unspecified atom stereocenters. The van der Waals surface area contributed by atoms with Gasteiger partial charge < -0.3 is 10.6 Å². The van der Waals surface area contributed by atoms with Gasteiger partial charge in [-0.3, -0.25) is 4.79 Å². The van der Waals surface area contributed by atoms with Crippen LogP contribution in [-0.4, -0.2) is 5.91 Å². The van der Waals surface area contributed by atoms with Crippen LogP contribution in [0.1, 0.15) is 11.6 Å². The SMILES string of the molecule is O=C1Nc2cccc(Br)c2C1Nc1ccccc1F. The quantitative estimate of drug-likeness (QED) is 0.886. The minimum atomic E-state index is -0.595. The fourth-order valence-corrected chi connectivity index (χ4v) is 2.74.